The summed E-state index contributed by atoms with van der Waals surface area (Å²) in [6.45, 7) is 5.00. The zero-order valence-electron chi connectivity index (χ0n) is 15.1. The van der Waals surface area contributed by atoms with Crippen LogP contribution in [0.4, 0.5) is 0 Å². The van der Waals surface area contributed by atoms with Gasteiger partial charge in [0, 0.05) is 0 Å². The van der Waals surface area contributed by atoms with Gasteiger partial charge in [-0.15, -0.1) is 0 Å². The molecule has 0 aliphatic heterocycles. The molecule has 140 valence electrons. The minimum absolute atomic E-state index is 0.0220. The molecule has 0 bridgehead atoms. The molecule has 0 atom stereocenters. The lowest BCUT2D eigenvalue weighted by molar-refractivity contribution is -0.122. The van der Waals surface area contributed by atoms with Gasteiger partial charge in [0.15, 0.2) is 25.5 Å². The molecule has 26 heavy (non-hydrogen) atoms. The van der Waals surface area contributed by atoms with Gasteiger partial charge in [0.25, 0.3) is 0 Å². The molecule has 0 aliphatic rings. The average Bonchev–Trinajstić information content (AvgIpc) is 2.62. The SMILES string of the molecule is CC(C)(C(=O)C(C)(C)S(=O)(=O)c1ccccc1)S(=O)(=O)c1ccccc1. The summed E-state index contributed by atoms with van der Waals surface area (Å²) in [7, 11) is -8.15. The Labute approximate surface area is 154 Å². The Kier molecular flexibility index (Phi) is 5.18. The summed E-state index contributed by atoms with van der Waals surface area (Å²) in [5.41, 5.74) is 0. The van der Waals surface area contributed by atoms with Crippen molar-refractivity contribution in [1.29, 1.82) is 0 Å². The van der Waals surface area contributed by atoms with E-state index >= 15 is 0 Å². The highest BCUT2D eigenvalue weighted by atomic mass is 32.2. The van der Waals surface area contributed by atoms with E-state index in [9.17, 15) is 21.6 Å². The highest BCUT2D eigenvalue weighted by molar-refractivity contribution is 7.95. The van der Waals surface area contributed by atoms with E-state index in [1.807, 2.05) is 0 Å². The van der Waals surface area contributed by atoms with Crippen LogP contribution in [-0.4, -0.2) is 32.1 Å². The Morgan fingerprint density at radius 3 is 1.15 bits per heavy atom. The fraction of sp³-hybridized carbons (Fsp3) is 0.316. The largest absolute Gasteiger partial charge is 0.296 e. The number of rotatable bonds is 6. The number of carbonyl (C=O) groups is 1. The van der Waals surface area contributed by atoms with E-state index in [2.05, 4.69) is 0 Å². The van der Waals surface area contributed by atoms with Crippen LogP contribution in [0.3, 0.4) is 0 Å². The van der Waals surface area contributed by atoms with E-state index in [0.717, 1.165) is 0 Å². The van der Waals surface area contributed by atoms with Crippen LogP contribution in [0.25, 0.3) is 0 Å². The first-order chi connectivity index (χ1) is 11.9. The smallest absolute Gasteiger partial charge is 0.190 e. The molecule has 0 saturated carbocycles. The summed E-state index contributed by atoms with van der Waals surface area (Å²) >= 11 is 0. The first kappa shape index (κ1) is 20.3. The van der Waals surface area contributed by atoms with Gasteiger partial charge < -0.3 is 0 Å². The zero-order valence-corrected chi connectivity index (χ0v) is 16.8. The third kappa shape index (κ3) is 3.10. The number of ketones is 1. The van der Waals surface area contributed by atoms with E-state index in [-0.39, 0.29) is 9.79 Å². The van der Waals surface area contributed by atoms with Gasteiger partial charge in [-0.05, 0) is 52.0 Å². The van der Waals surface area contributed by atoms with Crippen LogP contribution in [-0.2, 0) is 24.5 Å². The number of sulfone groups is 2. The minimum atomic E-state index is -4.08. The lowest BCUT2D eigenvalue weighted by atomic mass is 9.97. The maximum atomic E-state index is 13.2. The summed E-state index contributed by atoms with van der Waals surface area (Å²) < 4.78 is 48.1. The monoisotopic (exact) mass is 394 g/mol. The molecule has 2 rings (SSSR count). The Balaban J connectivity index is 2.56. The van der Waals surface area contributed by atoms with Gasteiger partial charge >= 0.3 is 0 Å². The Morgan fingerprint density at radius 1 is 0.615 bits per heavy atom. The van der Waals surface area contributed by atoms with E-state index < -0.39 is 35.0 Å². The van der Waals surface area contributed by atoms with Crippen molar-refractivity contribution < 1.29 is 21.6 Å². The molecule has 2 aromatic carbocycles. The lowest BCUT2D eigenvalue weighted by Crippen LogP contribution is -2.54. The Bertz CT molecular complexity index is 921. The molecular formula is C19H22O5S2. The lowest BCUT2D eigenvalue weighted by Gasteiger charge is -2.32. The molecule has 0 aromatic heterocycles. The van der Waals surface area contributed by atoms with Gasteiger partial charge in [0.2, 0.25) is 0 Å². The second-order valence-electron chi connectivity index (χ2n) is 6.98. The maximum absolute atomic E-state index is 13.2. The number of benzene rings is 2. The van der Waals surface area contributed by atoms with Crippen LogP contribution in [0, 0.1) is 0 Å². The Morgan fingerprint density at radius 2 is 0.885 bits per heavy atom. The molecular weight excluding hydrogens is 372 g/mol. The van der Waals surface area contributed by atoms with Gasteiger partial charge in [0.1, 0.15) is 9.49 Å². The fourth-order valence-electron chi connectivity index (χ4n) is 2.76. The molecule has 5 nitrogen and oxygen atoms in total. The number of hydrogen-bond acceptors (Lipinski definition) is 5. The molecule has 7 heteroatoms. The van der Waals surface area contributed by atoms with Crippen LogP contribution in [0.2, 0.25) is 0 Å². The van der Waals surface area contributed by atoms with Gasteiger partial charge in [-0.3, -0.25) is 4.79 Å². The molecule has 0 amide bonds. The van der Waals surface area contributed by atoms with Crippen molar-refractivity contribution >= 4 is 25.5 Å². The third-order valence-electron chi connectivity index (χ3n) is 4.54. The van der Waals surface area contributed by atoms with Crippen molar-refractivity contribution in [2.24, 2.45) is 0 Å². The minimum Gasteiger partial charge on any atom is -0.296 e. The average molecular weight is 395 g/mol. The molecule has 0 N–H and O–H groups in total. The molecule has 2 aromatic rings. The Hall–Kier alpha value is -1.99. The predicted molar refractivity (Wildman–Crippen MR) is 100 cm³/mol. The highest BCUT2D eigenvalue weighted by Crippen LogP contribution is 2.35. The third-order valence-corrected chi connectivity index (χ3v) is 9.39. The van der Waals surface area contributed by atoms with Gasteiger partial charge in [-0.1, -0.05) is 36.4 Å². The van der Waals surface area contributed by atoms with Crippen molar-refractivity contribution in [1.82, 2.24) is 0 Å². The van der Waals surface area contributed by atoms with Gasteiger partial charge in [0.05, 0.1) is 9.79 Å². The molecule has 0 fully saturated rings. The molecule has 0 heterocycles. The normalized spacial score (nSPS) is 13.4. The summed E-state index contributed by atoms with van der Waals surface area (Å²) in [5, 5.41) is 0. The van der Waals surface area contributed by atoms with Crippen molar-refractivity contribution in [3.05, 3.63) is 60.7 Å². The molecule has 0 aliphatic carbocycles. The molecule has 0 spiro atoms. The molecule has 0 unspecified atom stereocenters. The van der Waals surface area contributed by atoms with E-state index in [0.29, 0.717) is 0 Å². The van der Waals surface area contributed by atoms with Gasteiger partial charge in [-0.25, -0.2) is 16.8 Å². The zero-order chi connectivity index (χ0) is 19.8. The number of carbonyl (C=O) groups excluding carboxylic acids is 1. The van der Waals surface area contributed by atoms with Crippen molar-refractivity contribution in [3.8, 4) is 0 Å². The molecule has 0 saturated heterocycles. The number of Topliss-reactive ketones (excluding diaryl/α,β-unsaturated/α-hetero) is 1. The number of hydrogen-bond donors (Lipinski definition) is 0. The maximum Gasteiger partial charge on any atom is 0.190 e. The molecule has 0 radical (unpaired) electrons. The van der Waals surface area contributed by atoms with Crippen LogP contribution in [0.15, 0.2) is 70.5 Å². The standard InChI is InChI=1S/C19H22O5S2/c1-18(2,25(21,22)15-11-7-5-8-12-15)17(20)19(3,4)26(23,24)16-13-9-6-10-14-16/h5-14H,1-4H3. The van der Waals surface area contributed by atoms with Crippen molar-refractivity contribution in [2.45, 2.75) is 47.0 Å². The predicted octanol–water partition coefficient (Wildman–Crippen LogP) is 3.06. The second-order valence-corrected chi connectivity index (χ2v) is 12.0. The van der Waals surface area contributed by atoms with E-state index in [4.69, 9.17) is 0 Å². The summed E-state index contributed by atoms with van der Waals surface area (Å²) in [5.74, 6) is -0.877. The van der Waals surface area contributed by atoms with Crippen LogP contribution < -0.4 is 0 Å². The van der Waals surface area contributed by atoms with Crippen LogP contribution >= 0.6 is 0 Å². The van der Waals surface area contributed by atoms with Crippen LogP contribution in [0.1, 0.15) is 27.7 Å². The van der Waals surface area contributed by atoms with Gasteiger partial charge in [-0.2, -0.15) is 0 Å². The van der Waals surface area contributed by atoms with Crippen molar-refractivity contribution in [3.63, 3.8) is 0 Å². The van der Waals surface area contributed by atoms with E-state index in [1.165, 1.54) is 52.0 Å². The second kappa shape index (κ2) is 6.63. The van der Waals surface area contributed by atoms with Crippen LogP contribution in [0.5, 0.6) is 0 Å². The quantitative estimate of drug-likeness (QED) is 0.752. The first-order valence-electron chi connectivity index (χ1n) is 8.01. The highest BCUT2D eigenvalue weighted by Gasteiger charge is 2.54. The fourth-order valence-corrected chi connectivity index (χ4v) is 6.03. The summed E-state index contributed by atoms with van der Waals surface area (Å²) in [4.78, 5) is 13.1. The summed E-state index contributed by atoms with van der Waals surface area (Å²) in [6.07, 6.45) is 0. The first-order valence-corrected chi connectivity index (χ1v) is 11.0. The topological polar surface area (TPSA) is 85.3 Å². The van der Waals surface area contributed by atoms with Crippen molar-refractivity contribution in [2.75, 3.05) is 0 Å². The van der Waals surface area contributed by atoms with E-state index in [1.54, 1.807) is 36.4 Å². The summed E-state index contributed by atoms with van der Waals surface area (Å²) in [6, 6.07) is 15.1.